The lowest BCUT2D eigenvalue weighted by Crippen LogP contribution is -2.19. The summed E-state index contributed by atoms with van der Waals surface area (Å²) in [6, 6.07) is 13.6. The summed E-state index contributed by atoms with van der Waals surface area (Å²) in [5, 5.41) is 11.7. The van der Waals surface area contributed by atoms with Gasteiger partial charge in [-0.1, -0.05) is 18.2 Å². The number of thioether (sulfide) groups is 1. The molecule has 0 saturated carbocycles. The van der Waals surface area contributed by atoms with Crippen LogP contribution in [-0.2, 0) is 17.0 Å². The van der Waals surface area contributed by atoms with Gasteiger partial charge in [0.25, 0.3) is 0 Å². The lowest BCUT2D eigenvalue weighted by Gasteiger charge is -2.19. The maximum absolute atomic E-state index is 12.7. The second-order valence-electron chi connectivity index (χ2n) is 7.77. The summed E-state index contributed by atoms with van der Waals surface area (Å²) in [5.74, 6) is 0.627. The number of rotatable bonds is 8. The second-order valence-corrected chi connectivity index (χ2v) is 8.81. The van der Waals surface area contributed by atoms with Crippen LogP contribution in [0.25, 0.3) is 10.9 Å². The van der Waals surface area contributed by atoms with Gasteiger partial charge in [-0.15, -0.1) is 11.8 Å². The number of pyridine rings is 1. The molecule has 0 unspecified atom stereocenters. The van der Waals surface area contributed by atoms with Gasteiger partial charge < -0.3 is 14.6 Å². The molecule has 1 aliphatic heterocycles. The molecular formula is C25H28N2O4S. The summed E-state index contributed by atoms with van der Waals surface area (Å²) in [7, 11) is 1.53. The van der Waals surface area contributed by atoms with Crippen molar-refractivity contribution in [2.75, 3.05) is 26.8 Å². The van der Waals surface area contributed by atoms with Gasteiger partial charge in [-0.05, 0) is 57.1 Å². The molecular weight excluding hydrogens is 424 g/mol. The molecule has 6 nitrogen and oxygen atoms in total. The molecule has 2 aromatic carbocycles. The largest absolute Gasteiger partial charge is 0.504 e. The SMILES string of the molecule is CCOC(=O)c1cc2cc(OC)c(O)c(CN3CCCC3)c2nc1CSc1ccccc1. The van der Waals surface area contributed by atoms with E-state index in [1.807, 2.05) is 36.4 Å². The Morgan fingerprint density at radius 3 is 2.62 bits per heavy atom. The van der Waals surface area contributed by atoms with Gasteiger partial charge in [0.1, 0.15) is 0 Å². The number of phenolic OH excluding ortho intramolecular Hbond substituents is 1. The highest BCUT2D eigenvalue weighted by atomic mass is 32.2. The third kappa shape index (κ3) is 4.84. The zero-order chi connectivity index (χ0) is 22.5. The van der Waals surface area contributed by atoms with E-state index in [1.165, 1.54) is 7.11 Å². The van der Waals surface area contributed by atoms with E-state index in [0.29, 0.717) is 41.4 Å². The van der Waals surface area contributed by atoms with Crippen LogP contribution in [0.2, 0.25) is 0 Å². The maximum atomic E-state index is 12.7. The number of ether oxygens (including phenoxy) is 2. The molecule has 2 heterocycles. The van der Waals surface area contributed by atoms with Gasteiger partial charge in [-0.2, -0.15) is 0 Å². The minimum atomic E-state index is -0.390. The quantitative estimate of drug-likeness (QED) is 0.380. The molecule has 0 aliphatic carbocycles. The summed E-state index contributed by atoms with van der Waals surface area (Å²) < 4.78 is 10.7. The Kier molecular flexibility index (Phi) is 7.17. The predicted octanol–water partition coefficient (Wildman–Crippen LogP) is 5.01. The highest BCUT2D eigenvalue weighted by Crippen LogP contribution is 2.38. The van der Waals surface area contributed by atoms with Crippen molar-refractivity contribution < 1.29 is 19.4 Å². The van der Waals surface area contributed by atoms with Gasteiger partial charge in [0.2, 0.25) is 0 Å². The van der Waals surface area contributed by atoms with E-state index in [1.54, 1.807) is 24.8 Å². The lowest BCUT2D eigenvalue weighted by molar-refractivity contribution is 0.0525. The molecule has 1 saturated heterocycles. The topological polar surface area (TPSA) is 71.9 Å². The van der Waals surface area contributed by atoms with Crippen LogP contribution in [0.5, 0.6) is 11.5 Å². The van der Waals surface area contributed by atoms with Crippen molar-refractivity contribution in [1.29, 1.82) is 0 Å². The molecule has 0 amide bonds. The van der Waals surface area contributed by atoms with E-state index in [-0.39, 0.29) is 5.75 Å². The number of methoxy groups -OCH3 is 1. The van der Waals surface area contributed by atoms with Gasteiger partial charge in [0.05, 0.1) is 30.5 Å². The van der Waals surface area contributed by atoms with Crippen LogP contribution in [0.4, 0.5) is 0 Å². The third-order valence-electron chi connectivity index (χ3n) is 5.64. The number of aromatic hydroxyl groups is 1. The maximum Gasteiger partial charge on any atom is 0.340 e. The molecule has 0 spiro atoms. The second kappa shape index (κ2) is 10.2. The summed E-state index contributed by atoms with van der Waals surface area (Å²) >= 11 is 1.61. The van der Waals surface area contributed by atoms with Crippen molar-refractivity contribution in [2.45, 2.75) is 37.0 Å². The Morgan fingerprint density at radius 1 is 1.19 bits per heavy atom. The van der Waals surface area contributed by atoms with Crippen molar-refractivity contribution in [1.82, 2.24) is 9.88 Å². The predicted molar refractivity (Wildman–Crippen MR) is 126 cm³/mol. The summed E-state index contributed by atoms with van der Waals surface area (Å²) in [6.07, 6.45) is 2.31. The normalized spacial score (nSPS) is 14.1. The molecule has 0 radical (unpaired) electrons. The van der Waals surface area contributed by atoms with Crippen LogP contribution in [0.3, 0.4) is 0 Å². The van der Waals surface area contributed by atoms with Crippen LogP contribution >= 0.6 is 11.8 Å². The fourth-order valence-corrected chi connectivity index (χ4v) is 4.90. The number of hydrogen-bond donors (Lipinski definition) is 1. The van der Waals surface area contributed by atoms with E-state index in [9.17, 15) is 9.90 Å². The third-order valence-corrected chi connectivity index (χ3v) is 6.66. The number of carbonyl (C=O) groups excluding carboxylic acids is 1. The minimum Gasteiger partial charge on any atom is -0.504 e. The minimum absolute atomic E-state index is 0.116. The number of fused-ring (bicyclic) bond motifs is 1. The van der Waals surface area contributed by atoms with E-state index in [0.717, 1.165) is 41.8 Å². The van der Waals surface area contributed by atoms with Gasteiger partial charge in [0, 0.05) is 28.1 Å². The number of nitrogens with zero attached hydrogens (tertiary/aromatic N) is 2. The van der Waals surface area contributed by atoms with Crippen LogP contribution in [-0.4, -0.2) is 47.8 Å². The number of aromatic nitrogens is 1. The first kappa shape index (κ1) is 22.4. The van der Waals surface area contributed by atoms with Crippen LogP contribution in [0, 0.1) is 0 Å². The average Bonchev–Trinajstić information content (AvgIpc) is 3.33. The van der Waals surface area contributed by atoms with Crippen LogP contribution < -0.4 is 4.74 Å². The Labute approximate surface area is 192 Å². The Bertz CT molecular complexity index is 1100. The summed E-state index contributed by atoms with van der Waals surface area (Å²) in [5.41, 5.74) is 2.54. The number of hydrogen-bond acceptors (Lipinski definition) is 7. The molecule has 4 rings (SSSR count). The molecule has 32 heavy (non-hydrogen) atoms. The Hall–Kier alpha value is -2.77. The van der Waals surface area contributed by atoms with Crippen LogP contribution in [0.15, 0.2) is 47.4 Å². The molecule has 1 N–H and O–H groups in total. The molecule has 0 atom stereocenters. The van der Waals surface area contributed by atoms with Crippen molar-refractivity contribution in [2.24, 2.45) is 0 Å². The Balaban J connectivity index is 1.81. The molecule has 1 aromatic heterocycles. The molecule has 0 bridgehead atoms. The van der Waals surface area contributed by atoms with Gasteiger partial charge in [-0.3, -0.25) is 9.88 Å². The monoisotopic (exact) mass is 452 g/mol. The zero-order valence-corrected chi connectivity index (χ0v) is 19.3. The smallest absolute Gasteiger partial charge is 0.340 e. The van der Waals surface area contributed by atoms with Crippen molar-refractivity contribution in [3.63, 3.8) is 0 Å². The lowest BCUT2D eigenvalue weighted by atomic mass is 10.0. The number of benzene rings is 2. The highest BCUT2D eigenvalue weighted by Gasteiger charge is 2.23. The van der Waals surface area contributed by atoms with E-state index >= 15 is 0 Å². The van der Waals surface area contributed by atoms with E-state index < -0.39 is 5.97 Å². The highest BCUT2D eigenvalue weighted by molar-refractivity contribution is 7.98. The fourth-order valence-electron chi connectivity index (χ4n) is 4.02. The van der Waals surface area contributed by atoms with Gasteiger partial charge in [0.15, 0.2) is 11.5 Å². The van der Waals surface area contributed by atoms with Crippen molar-refractivity contribution in [3.8, 4) is 11.5 Å². The standard InChI is InChI=1S/C25H28N2O4S/c1-3-31-25(29)19-13-17-14-22(30-2)24(28)20(15-27-11-7-8-12-27)23(17)26-21(19)16-32-18-9-5-4-6-10-18/h4-6,9-10,13-14,28H,3,7-8,11-12,15-16H2,1-2H3. The molecule has 3 aromatic rings. The first-order chi connectivity index (χ1) is 15.6. The van der Waals surface area contributed by atoms with E-state index in [2.05, 4.69) is 4.90 Å². The number of phenols is 1. The van der Waals surface area contributed by atoms with Crippen molar-refractivity contribution in [3.05, 3.63) is 59.3 Å². The first-order valence-corrected chi connectivity index (χ1v) is 11.9. The Morgan fingerprint density at radius 2 is 1.94 bits per heavy atom. The number of likely N-dealkylation sites (tertiary alicyclic amines) is 1. The van der Waals surface area contributed by atoms with Crippen molar-refractivity contribution >= 4 is 28.6 Å². The van der Waals surface area contributed by atoms with Gasteiger partial charge >= 0.3 is 5.97 Å². The summed E-state index contributed by atoms with van der Waals surface area (Å²) in [4.78, 5) is 21.1. The number of carbonyl (C=O) groups is 1. The summed E-state index contributed by atoms with van der Waals surface area (Å²) in [6.45, 7) is 4.67. The van der Waals surface area contributed by atoms with E-state index in [4.69, 9.17) is 14.5 Å². The number of esters is 1. The molecule has 1 aliphatic rings. The molecule has 7 heteroatoms. The van der Waals surface area contributed by atoms with Crippen LogP contribution in [0.1, 0.15) is 41.4 Å². The average molecular weight is 453 g/mol. The molecule has 1 fully saturated rings. The molecule has 168 valence electrons. The van der Waals surface area contributed by atoms with Gasteiger partial charge in [-0.25, -0.2) is 4.79 Å². The first-order valence-electron chi connectivity index (χ1n) is 10.9. The zero-order valence-electron chi connectivity index (χ0n) is 18.5. The fraction of sp³-hybridized carbons (Fsp3) is 0.360.